The van der Waals surface area contributed by atoms with Crippen molar-refractivity contribution >= 4 is 22.9 Å². The Kier molecular flexibility index (Phi) is 2.70. The molecular formula is C6H7N3O2S. The SMILES string of the molecule is C#CCN(N)C1SC(=O)NC1=O. The van der Waals surface area contributed by atoms with Gasteiger partial charge in [-0.25, -0.2) is 5.01 Å². The molecule has 1 unspecified atom stereocenters. The highest BCUT2D eigenvalue weighted by Gasteiger charge is 2.34. The zero-order chi connectivity index (χ0) is 9.14. The van der Waals surface area contributed by atoms with Gasteiger partial charge < -0.3 is 0 Å². The van der Waals surface area contributed by atoms with Crippen LogP contribution in [0, 0.1) is 12.3 Å². The van der Waals surface area contributed by atoms with Crippen molar-refractivity contribution in [2.24, 2.45) is 5.84 Å². The van der Waals surface area contributed by atoms with E-state index in [0.717, 1.165) is 16.8 Å². The Morgan fingerprint density at radius 3 is 2.83 bits per heavy atom. The molecule has 0 spiro atoms. The molecule has 0 radical (unpaired) electrons. The standard InChI is InChI=1S/C6H7N3O2S/c1-2-3-9(7)5-4(10)8-6(11)12-5/h1,5H,3,7H2,(H,8,10,11). The third-order valence-electron chi connectivity index (χ3n) is 1.24. The molecule has 0 aromatic carbocycles. The summed E-state index contributed by atoms with van der Waals surface area (Å²) in [5, 5.41) is 2.17. The van der Waals surface area contributed by atoms with Gasteiger partial charge in [0.1, 0.15) is 0 Å². The number of hydrazine groups is 1. The molecule has 1 rings (SSSR count). The van der Waals surface area contributed by atoms with Crippen molar-refractivity contribution in [2.75, 3.05) is 6.54 Å². The molecule has 2 amide bonds. The van der Waals surface area contributed by atoms with Crippen molar-refractivity contribution in [3.8, 4) is 12.3 Å². The van der Waals surface area contributed by atoms with Crippen molar-refractivity contribution in [3.05, 3.63) is 0 Å². The van der Waals surface area contributed by atoms with Crippen LogP contribution in [0.1, 0.15) is 0 Å². The van der Waals surface area contributed by atoms with E-state index in [1.807, 2.05) is 0 Å². The van der Waals surface area contributed by atoms with E-state index in [1.165, 1.54) is 0 Å². The summed E-state index contributed by atoms with van der Waals surface area (Å²) in [5.41, 5.74) is 0. The first-order chi connectivity index (χ1) is 5.65. The number of carbonyl (C=O) groups is 2. The molecule has 0 aliphatic carbocycles. The third-order valence-corrected chi connectivity index (χ3v) is 2.27. The first-order valence-corrected chi connectivity index (χ1v) is 3.99. The summed E-state index contributed by atoms with van der Waals surface area (Å²) >= 11 is 0.827. The highest BCUT2D eigenvalue weighted by molar-refractivity contribution is 8.15. The molecule has 1 aliphatic rings. The Hall–Kier alpha value is -1.03. The molecule has 0 bridgehead atoms. The molecule has 1 atom stereocenters. The van der Waals surface area contributed by atoms with Crippen LogP contribution in [0.4, 0.5) is 4.79 Å². The number of carbonyl (C=O) groups excluding carboxylic acids is 2. The van der Waals surface area contributed by atoms with Crippen molar-refractivity contribution < 1.29 is 9.59 Å². The van der Waals surface area contributed by atoms with E-state index in [9.17, 15) is 9.59 Å². The molecule has 0 aromatic heterocycles. The van der Waals surface area contributed by atoms with Crippen LogP contribution >= 0.6 is 11.8 Å². The summed E-state index contributed by atoms with van der Waals surface area (Å²) < 4.78 is 0. The number of thioether (sulfide) groups is 1. The Bertz CT molecular complexity index is 260. The van der Waals surface area contributed by atoms with Crippen LogP contribution in [-0.4, -0.2) is 28.1 Å². The Labute approximate surface area is 73.6 Å². The van der Waals surface area contributed by atoms with Crippen molar-refractivity contribution in [1.82, 2.24) is 10.3 Å². The maximum Gasteiger partial charge on any atom is 0.287 e. The first kappa shape index (κ1) is 9.06. The van der Waals surface area contributed by atoms with Gasteiger partial charge >= 0.3 is 0 Å². The molecule has 0 saturated carbocycles. The molecule has 1 heterocycles. The maximum absolute atomic E-state index is 11.0. The van der Waals surface area contributed by atoms with Crippen LogP contribution in [0.25, 0.3) is 0 Å². The van der Waals surface area contributed by atoms with Gasteiger partial charge in [-0.2, -0.15) is 0 Å². The maximum atomic E-state index is 11.0. The lowest BCUT2D eigenvalue weighted by Gasteiger charge is -2.16. The molecule has 1 saturated heterocycles. The number of nitrogens with zero attached hydrogens (tertiary/aromatic N) is 1. The molecule has 0 aromatic rings. The minimum atomic E-state index is -0.687. The summed E-state index contributed by atoms with van der Waals surface area (Å²) in [5.74, 6) is 7.26. The van der Waals surface area contributed by atoms with Gasteiger partial charge in [0.25, 0.3) is 11.1 Å². The fourth-order valence-corrected chi connectivity index (χ4v) is 1.49. The van der Waals surface area contributed by atoms with Crippen molar-refractivity contribution in [3.63, 3.8) is 0 Å². The van der Waals surface area contributed by atoms with E-state index in [2.05, 4.69) is 11.2 Å². The topological polar surface area (TPSA) is 75.4 Å². The van der Waals surface area contributed by atoms with Crippen LogP contribution in [-0.2, 0) is 4.79 Å². The summed E-state index contributed by atoms with van der Waals surface area (Å²) in [6.45, 7) is 0.137. The van der Waals surface area contributed by atoms with Crippen molar-refractivity contribution in [2.45, 2.75) is 5.37 Å². The lowest BCUT2D eigenvalue weighted by atomic mass is 10.5. The second kappa shape index (κ2) is 3.58. The number of hydrogen-bond donors (Lipinski definition) is 2. The normalized spacial score (nSPS) is 22.6. The fourth-order valence-electron chi connectivity index (χ4n) is 0.753. The predicted molar refractivity (Wildman–Crippen MR) is 44.6 cm³/mol. The highest BCUT2D eigenvalue weighted by Crippen LogP contribution is 2.19. The van der Waals surface area contributed by atoms with Gasteiger partial charge in [0.2, 0.25) is 0 Å². The Morgan fingerprint density at radius 1 is 1.75 bits per heavy atom. The zero-order valence-electron chi connectivity index (χ0n) is 6.11. The summed E-state index contributed by atoms with van der Waals surface area (Å²) in [4.78, 5) is 21.6. The average molecular weight is 185 g/mol. The smallest absolute Gasteiger partial charge is 0.285 e. The molecule has 6 heteroatoms. The van der Waals surface area contributed by atoms with Gasteiger partial charge in [-0.3, -0.25) is 20.7 Å². The molecular weight excluding hydrogens is 178 g/mol. The van der Waals surface area contributed by atoms with Crippen molar-refractivity contribution in [1.29, 1.82) is 0 Å². The fraction of sp³-hybridized carbons (Fsp3) is 0.333. The number of imide groups is 1. The number of amides is 2. The average Bonchev–Trinajstić information content (AvgIpc) is 2.30. The summed E-state index contributed by atoms with van der Waals surface area (Å²) in [6, 6.07) is 0. The minimum Gasteiger partial charge on any atom is -0.285 e. The number of terminal acetylenes is 1. The van der Waals surface area contributed by atoms with E-state index in [0.29, 0.717) is 0 Å². The second-order valence-corrected chi connectivity index (χ2v) is 3.18. The largest absolute Gasteiger partial charge is 0.287 e. The van der Waals surface area contributed by atoms with Gasteiger partial charge in [-0.1, -0.05) is 5.92 Å². The predicted octanol–water partition coefficient (Wildman–Crippen LogP) is -0.896. The van der Waals surface area contributed by atoms with E-state index < -0.39 is 16.5 Å². The van der Waals surface area contributed by atoms with Crippen LogP contribution in [0.2, 0.25) is 0 Å². The Balaban J connectivity index is 2.59. The van der Waals surface area contributed by atoms with Gasteiger partial charge in [0.05, 0.1) is 6.54 Å². The number of hydrogen-bond acceptors (Lipinski definition) is 5. The first-order valence-electron chi connectivity index (χ1n) is 3.11. The van der Waals surface area contributed by atoms with Crippen LogP contribution in [0.5, 0.6) is 0 Å². The number of nitrogens with one attached hydrogen (secondary N) is 1. The van der Waals surface area contributed by atoms with Crippen LogP contribution < -0.4 is 11.2 Å². The van der Waals surface area contributed by atoms with Crippen LogP contribution in [0.15, 0.2) is 0 Å². The van der Waals surface area contributed by atoms with Crippen LogP contribution in [0.3, 0.4) is 0 Å². The third kappa shape index (κ3) is 1.76. The van der Waals surface area contributed by atoms with E-state index in [-0.39, 0.29) is 6.54 Å². The molecule has 5 nitrogen and oxygen atoms in total. The highest BCUT2D eigenvalue weighted by atomic mass is 32.2. The molecule has 1 aliphatic heterocycles. The number of nitrogens with two attached hydrogens (primary N) is 1. The molecule has 3 N–H and O–H groups in total. The lowest BCUT2D eigenvalue weighted by molar-refractivity contribution is -0.121. The van der Waals surface area contributed by atoms with Gasteiger partial charge in [-0.15, -0.1) is 6.42 Å². The van der Waals surface area contributed by atoms with E-state index in [4.69, 9.17) is 12.3 Å². The summed E-state index contributed by atoms with van der Waals surface area (Å²) in [7, 11) is 0. The van der Waals surface area contributed by atoms with Gasteiger partial charge in [0.15, 0.2) is 5.37 Å². The lowest BCUT2D eigenvalue weighted by Crippen LogP contribution is -2.44. The van der Waals surface area contributed by atoms with E-state index in [1.54, 1.807) is 0 Å². The van der Waals surface area contributed by atoms with Gasteiger partial charge in [0, 0.05) is 0 Å². The quantitative estimate of drug-likeness (QED) is 0.331. The molecule has 64 valence electrons. The monoisotopic (exact) mass is 185 g/mol. The minimum absolute atomic E-state index is 0.137. The Morgan fingerprint density at radius 2 is 2.42 bits per heavy atom. The van der Waals surface area contributed by atoms with E-state index >= 15 is 0 Å². The second-order valence-electron chi connectivity index (χ2n) is 2.12. The number of rotatable bonds is 2. The van der Waals surface area contributed by atoms with Gasteiger partial charge in [-0.05, 0) is 11.8 Å². The molecule has 12 heavy (non-hydrogen) atoms. The summed E-state index contributed by atoms with van der Waals surface area (Å²) in [6.07, 6.45) is 4.98. The molecule has 1 fully saturated rings. The zero-order valence-corrected chi connectivity index (χ0v) is 6.93.